The monoisotopic (exact) mass is 238 g/mol. The van der Waals surface area contributed by atoms with Crippen molar-refractivity contribution in [3.8, 4) is 5.88 Å². The molecule has 0 spiro atoms. The Labute approximate surface area is 101 Å². The van der Waals surface area contributed by atoms with Crippen molar-refractivity contribution in [3.63, 3.8) is 0 Å². The van der Waals surface area contributed by atoms with Crippen LogP contribution in [0.15, 0.2) is 18.2 Å². The molecule has 0 bridgehead atoms. The van der Waals surface area contributed by atoms with Gasteiger partial charge in [-0.2, -0.15) is 4.98 Å². The smallest absolute Gasteiger partial charge is 0.215 e. The van der Waals surface area contributed by atoms with Crippen LogP contribution in [0, 0.1) is 0 Å². The molecule has 0 amide bonds. The Morgan fingerprint density at radius 1 is 1.47 bits per heavy atom. The molecule has 17 heavy (non-hydrogen) atoms. The third kappa shape index (κ3) is 3.57. The van der Waals surface area contributed by atoms with Gasteiger partial charge in [0.05, 0.1) is 19.3 Å². The zero-order chi connectivity index (χ0) is 12.1. The minimum Gasteiger partial charge on any atom is -0.475 e. The van der Waals surface area contributed by atoms with Crippen molar-refractivity contribution in [1.29, 1.82) is 0 Å². The van der Waals surface area contributed by atoms with Gasteiger partial charge in [0.15, 0.2) is 0 Å². The first-order valence-electron chi connectivity index (χ1n) is 5.86. The summed E-state index contributed by atoms with van der Waals surface area (Å²) < 4.78 is 10.7. The van der Waals surface area contributed by atoms with Crippen LogP contribution in [0.2, 0.25) is 0 Å². The molecule has 1 aliphatic rings. The topological polar surface area (TPSA) is 54.8 Å². The van der Waals surface area contributed by atoms with E-state index in [2.05, 4.69) is 9.88 Å². The predicted molar refractivity (Wildman–Crippen MR) is 64.4 cm³/mol. The van der Waals surface area contributed by atoms with Crippen LogP contribution in [0.1, 0.15) is 6.92 Å². The number of anilines is 1. The summed E-state index contributed by atoms with van der Waals surface area (Å²) >= 11 is 0. The molecule has 2 heterocycles. The van der Waals surface area contributed by atoms with Crippen LogP contribution >= 0.6 is 0 Å². The van der Waals surface area contributed by atoms with Gasteiger partial charge in [0.2, 0.25) is 5.88 Å². The molecule has 1 aliphatic heterocycles. The molecule has 0 saturated carbocycles. The van der Waals surface area contributed by atoms with Crippen molar-refractivity contribution < 1.29 is 14.6 Å². The Hall–Kier alpha value is -1.33. The lowest BCUT2D eigenvalue weighted by atomic mass is 10.3. The van der Waals surface area contributed by atoms with E-state index in [0.29, 0.717) is 5.88 Å². The highest BCUT2D eigenvalue weighted by atomic mass is 16.5. The molecule has 0 aliphatic carbocycles. The van der Waals surface area contributed by atoms with Crippen LogP contribution in [-0.4, -0.2) is 49.1 Å². The van der Waals surface area contributed by atoms with E-state index in [-0.39, 0.29) is 6.61 Å². The molecule has 1 atom stereocenters. The normalized spacial score (nSPS) is 17.9. The standard InChI is InChI=1S/C12H18N2O3/c1-10(15)9-17-12-4-2-3-11(13-12)14-5-7-16-8-6-14/h2-4,10,15H,5-9H2,1H3/t10-/m1/s1. The number of ether oxygens (including phenoxy) is 2. The highest BCUT2D eigenvalue weighted by Gasteiger charge is 2.12. The van der Waals surface area contributed by atoms with Gasteiger partial charge >= 0.3 is 0 Å². The van der Waals surface area contributed by atoms with E-state index in [1.165, 1.54) is 0 Å². The molecular weight excluding hydrogens is 220 g/mol. The lowest BCUT2D eigenvalue weighted by Gasteiger charge is -2.27. The predicted octanol–water partition coefficient (Wildman–Crippen LogP) is 0.678. The first kappa shape index (κ1) is 12.1. The van der Waals surface area contributed by atoms with Crippen LogP contribution < -0.4 is 9.64 Å². The lowest BCUT2D eigenvalue weighted by molar-refractivity contribution is 0.118. The fourth-order valence-corrected chi connectivity index (χ4v) is 1.66. The maximum atomic E-state index is 9.15. The Morgan fingerprint density at radius 2 is 2.24 bits per heavy atom. The summed E-state index contributed by atoms with van der Waals surface area (Å²) in [6.45, 7) is 5.13. The van der Waals surface area contributed by atoms with E-state index in [0.717, 1.165) is 32.1 Å². The summed E-state index contributed by atoms with van der Waals surface area (Å²) in [6.07, 6.45) is -0.483. The molecule has 1 N–H and O–H groups in total. The second-order valence-corrected chi connectivity index (χ2v) is 4.09. The summed E-state index contributed by atoms with van der Waals surface area (Å²) in [7, 11) is 0. The Kier molecular flexibility index (Phi) is 4.17. The Balaban J connectivity index is 2.00. The minimum atomic E-state index is -0.483. The highest BCUT2D eigenvalue weighted by molar-refractivity contribution is 5.40. The molecule has 94 valence electrons. The van der Waals surface area contributed by atoms with Crippen molar-refractivity contribution in [2.24, 2.45) is 0 Å². The van der Waals surface area contributed by atoms with E-state index >= 15 is 0 Å². The van der Waals surface area contributed by atoms with Crippen LogP contribution in [0.25, 0.3) is 0 Å². The van der Waals surface area contributed by atoms with Crippen LogP contribution in [0.5, 0.6) is 5.88 Å². The second-order valence-electron chi connectivity index (χ2n) is 4.09. The van der Waals surface area contributed by atoms with Gasteiger partial charge in [-0.3, -0.25) is 0 Å². The zero-order valence-corrected chi connectivity index (χ0v) is 10.0. The number of aliphatic hydroxyl groups is 1. The van der Waals surface area contributed by atoms with E-state index in [1.807, 2.05) is 12.1 Å². The molecule has 1 saturated heterocycles. The number of aliphatic hydroxyl groups excluding tert-OH is 1. The van der Waals surface area contributed by atoms with Gasteiger partial charge in [-0.25, -0.2) is 0 Å². The molecule has 0 aromatic carbocycles. The number of hydrogen-bond acceptors (Lipinski definition) is 5. The van der Waals surface area contributed by atoms with Crippen LogP contribution in [0.3, 0.4) is 0 Å². The maximum absolute atomic E-state index is 9.15. The number of aromatic nitrogens is 1. The van der Waals surface area contributed by atoms with Crippen molar-refractivity contribution in [1.82, 2.24) is 4.98 Å². The van der Waals surface area contributed by atoms with Gasteiger partial charge in [0, 0.05) is 19.2 Å². The first-order chi connectivity index (χ1) is 8.25. The molecule has 1 fully saturated rings. The minimum absolute atomic E-state index is 0.263. The fraction of sp³-hybridized carbons (Fsp3) is 0.583. The summed E-state index contributed by atoms with van der Waals surface area (Å²) in [5, 5.41) is 9.15. The van der Waals surface area contributed by atoms with E-state index < -0.39 is 6.10 Å². The number of morpholine rings is 1. The molecule has 5 nitrogen and oxygen atoms in total. The molecule has 0 radical (unpaired) electrons. The van der Waals surface area contributed by atoms with Crippen molar-refractivity contribution in [2.75, 3.05) is 37.8 Å². The third-order valence-electron chi connectivity index (χ3n) is 2.52. The average Bonchev–Trinajstić information content (AvgIpc) is 2.38. The van der Waals surface area contributed by atoms with Crippen molar-refractivity contribution in [2.45, 2.75) is 13.0 Å². The largest absolute Gasteiger partial charge is 0.475 e. The second kappa shape index (κ2) is 5.84. The van der Waals surface area contributed by atoms with Gasteiger partial charge in [0.25, 0.3) is 0 Å². The lowest BCUT2D eigenvalue weighted by Crippen LogP contribution is -2.36. The van der Waals surface area contributed by atoms with Gasteiger partial charge < -0.3 is 19.5 Å². The number of pyridine rings is 1. The Morgan fingerprint density at radius 3 is 2.94 bits per heavy atom. The van der Waals surface area contributed by atoms with Crippen LogP contribution in [0.4, 0.5) is 5.82 Å². The number of nitrogens with zero attached hydrogens (tertiary/aromatic N) is 2. The summed E-state index contributed by atoms with van der Waals surface area (Å²) in [5.41, 5.74) is 0. The summed E-state index contributed by atoms with van der Waals surface area (Å²) in [4.78, 5) is 6.57. The SMILES string of the molecule is C[C@@H](O)COc1cccc(N2CCOCC2)n1. The van der Waals surface area contributed by atoms with E-state index in [4.69, 9.17) is 14.6 Å². The Bertz CT molecular complexity index is 351. The average molecular weight is 238 g/mol. The molecule has 2 rings (SSSR count). The van der Waals surface area contributed by atoms with Crippen molar-refractivity contribution >= 4 is 5.82 Å². The number of rotatable bonds is 4. The fourth-order valence-electron chi connectivity index (χ4n) is 1.66. The third-order valence-corrected chi connectivity index (χ3v) is 2.52. The van der Waals surface area contributed by atoms with Gasteiger partial charge in [0.1, 0.15) is 12.4 Å². The van der Waals surface area contributed by atoms with Gasteiger partial charge in [-0.15, -0.1) is 0 Å². The molecule has 1 aromatic rings. The van der Waals surface area contributed by atoms with Crippen LogP contribution in [-0.2, 0) is 4.74 Å². The highest BCUT2D eigenvalue weighted by Crippen LogP contribution is 2.17. The molecule has 0 unspecified atom stereocenters. The molecule has 5 heteroatoms. The molecular formula is C12H18N2O3. The summed E-state index contributed by atoms with van der Waals surface area (Å²) in [6, 6.07) is 5.67. The van der Waals surface area contributed by atoms with E-state index in [9.17, 15) is 0 Å². The van der Waals surface area contributed by atoms with Gasteiger partial charge in [-0.1, -0.05) is 6.07 Å². The maximum Gasteiger partial charge on any atom is 0.215 e. The van der Waals surface area contributed by atoms with Crippen molar-refractivity contribution in [3.05, 3.63) is 18.2 Å². The number of hydrogen-bond donors (Lipinski definition) is 1. The quantitative estimate of drug-likeness (QED) is 0.836. The molecule has 1 aromatic heterocycles. The zero-order valence-electron chi connectivity index (χ0n) is 10.0. The summed E-state index contributed by atoms with van der Waals surface area (Å²) in [5.74, 6) is 1.45. The van der Waals surface area contributed by atoms with E-state index in [1.54, 1.807) is 13.0 Å². The first-order valence-corrected chi connectivity index (χ1v) is 5.86. The van der Waals surface area contributed by atoms with Gasteiger partial charge in [-0.05, 0) is 13.0 Å².